The van der Waals surface area contributed by atoms with Gasteiger partial charge in [-0.3, -0.25) is 4.90 Å². The number of amides is 2. The largest absolute Gasteiger partial charge is 0.506 e. The van der Waals surface area contributed by atoms with Gasteiger partial charge in [-0.1, -0.05) is 25.0 Å². The Labute approximate surface area is 162 Å². The Morgan fingerprint density at radius 3 is 2.44 bits per heavy atom. The molecule has 0 aromatic heterocycles. The molecule has 2 aliphatic heterocycles. The number of aromatic hydroxyl groups is 1. The Bertz CT molecular complexity index is 639. The number of carbonyl (C=O) groups excluding carboxylic acids is 1. The minimum absolute atomic E-state index is 0.0743. The third-order valence-corrected chi connectivity index (χ3v) is 6.41. The first kappa shape index (κ1) is 18.4. The summed E-state index contributed by atoms with van der Waals surface area (Å²) in [5.74, 6) is 0.310. The molecule has 4 rings (SSSR count). The third-order valence-electron chi connectivity index (χ3n) is 6.41. The third kappa shape index (κ3) is 4.32. The summed E-state index contributed by atoms with van der Waals surface area (Å²) in [4.78, 5) is 19.4. The Balaban J connectivity index is 1.26. The van der Waals surface area contributed by atoms with E-state index in [1.54, 1.807) is 6.07 Å². The molecule has 148 valence electrons. The molecule has 1 atom stereocenters. The van der Waals surface area contributed by atoms with Crippen LogP contribution in [0.2, 0.25) is 0 Å². The number of hydrogen-bond donors (Lipinski definition) is 2. The Morgan fingerprint density at radius 1 is 0.963 bits per heavy atom. The van der Waals surface area contributed by atoms with E-state index in [0.29, 0.717) is 18.8 Å². The number of nitrogens with zero attached hydrogens (tertiary/aromatic N) is 3. The molecular formula is C21H32N4O2. The lowest BCUT2D eigenvalue weighted by molar-refractivity contribution is 0.133. The highest BCUT2D eigenvalue weighted by Crippen LogP contribution is 2.28. The summed E-state index contributed by atoms with van der Waals surface area (Å²) in [5, 5.41) is 13.3. The highest BCUT2D eigenvalue weighted by atomic mass is 16.3. The highest BCUT2D eigenvalue weighted by Gasteiger charge is 2.30. The van der Waals surface area contributed by atoms with Crippen LogP contribution in [0.25, 0.3) is 0 Å². The van der Waals surface area contributed by atoms with Gasteiger partial charge in [-0.2, -0.15) is 0 Å². The van der Waals surface area contributed by atoms with Crippen LogP contribution in [0.4, 0.5) is 10.5 Å². The van der Waals surface area contributed by atoms with Crippen LogP contribution in [0, 0.1) is 0 Å². The molecule has 27 heavy (non-hydrogen) atoms. The van der Waals surface area contributed by atoms with E-state index in [-0.39, 0.29) is 12.1 Å². The number of likely N-dealkylation sites (tertiary alicyclic amines) is 1. The van der Waals surface area contributed by atoms with Crippen molar-refractivity contribution < 1.29 is 9.90 Å². The van der Waals surface area contributed by atoms with Crippen LogP contribution in [0.1, 0.15) is 38.5 Å². The maximum atomic E-state index is 12.7. The summed E-state index contributed by atoms with van der Waals surface area (Å²) < 4.78 is 0. The molecule has 3 aliphatic rings. The predicted molar refractivity (Wildman–Crippen MR) is 107 cm³/mol. The zero-order valence-electron chi connectivity index (χ0n) is 16.1. The molecule has 1 aliphatic carbocycles. The molecule has 2 amide bonds. The van der Waals surface area contributed by atoms with Crippen molar-refractivity contribution in [2.24, 2.45) is 0 Å². The fourth-order valence-electron chi connectivity index (χ4n) is 4.87. The number of rotatable bonds is 3. The SMILES string of the molecule is O=C(N[C@@H]1CCCN(C2CCCC2)C1)N1CCN(c2ccccc2O)CC1. The molecule has 2 N–H and O–H groups in total. The predicted octanol–water partition coefficient (Wildman–Crippen LogP) is 2.63. The quantitative estimate of drug-likeness (QED) is 0.856. The average Bonchev–Trinajstić information content (AvgIpc) is 3.24. The van der Waals surface area contributed by atoms with Crippen molar-refractivity contribution in [1.82, 2.24) is 15.1 Å². The zero-order valence-corrected chi connectivity index (χ0v) is 16.1. The molecule has 1 aromatic carbocycles. The molecule has 2 heterocycles. The number of benzene rings is 1. The summed E-state index contributed by atoms with van der Waals surface area (Å²) in [6.07, 6.45) is 7.65. The van der Waals surface area contributed by atoms with E-state index >= 15 is 0 Å². The fourth-order valence-corrected chi connectivity index (χ4v) is 4.87. The number of phenolic OH excluding ortho intramolecular Hbond substituents is 1. The van der Waals surface area contributed by atoms with Gasteiger partial charge in [0.1, 0.15) is 5.75 Å². The Morgan fingerprint density at radius 2 is 1.70 bits per heavy atom. The van der Waals surface area contributed by atoms with Crippen molar-refractivity contribution in [1.29, 1.82) is 0 Å². The first-order valence-corrected chi connectivity index (χ1v) is 10.5. The van der Waals surface area contributed by atoms with E-state index in [4.69, 9.17) is 0 Å². The number of para-hydroxylation sites is 2. The van der Waals surface area contributed by atoms with Crippen LogP contribution in [-0.2, 0) is 0 Å². The molecule has 0 radical (unpaired) electrons. The second-order valence-electron chi connectivity index (χ2n) is 8.18. The molecule has 0 bridgehead atoms. The number of hydrogen-bond acceptors (Lipinski definition) is 4. The molecular weight excluding hydrogens is 340 g/mol. The molecule has 0 unspecified atom stereocenters. The molecule has 0 spiro atoms. The fraction of sp³-hybridized carbons (Fsp3) is 0.667. The molecule has 1 saturated carbocycles. The van der Waals surface area contributed by atoms with E-state index in [2.05, 4.69) is 15.1 Å². The van der Waals surface area contributed by atoms with Gasteiger partial charge < -0.3 is 20.2 Å². The first-order chi connectivity index (χ1) is 13.2. The van der Waals surface area contributed by atoms with Crippen molar-refractivity contribution in [3.63, 3.8) is 0 Å². The average molecular weight is 373 g/mol. The smallest absolute Gasteiger partial charge is 0.317 e. The number of piperidine rings is 1. The van der Waals surface area contributed by atoms with Crippen LogP contribution in [0.5, 0.6) is 5.75 Å². The lowest BCUT2D eigenvalue weighted by atomic mass is 10.0. The lowest BCUT2D eigenvalue weighted by Gasteiger charge is -2.39. The van der Waals surface area contributed by atoms with Gasteiger partial charge in [-0.25, -0.2) is 4.79 Å². The van der Waals surface area contributed by atoms with Crippen molar-refractivity contribution in [3.8, 4) is 5.75 Å². The molecule has 6 heteroatoms. The standard InChI is InChI=1S/C21H32N4O2/c26-20-10-4-3-9-19(20)23-12-14-24(15-13-23)21(27)22-17-6-5-11-25(16-17)18-7-1-2-8-18/h3-4,9-10,17-18,26H,1-2,5-8,11-16H2,(H,22,27)/t17-/m1/s1. The number of piperazine rings is 1. The molecule has 3 fully saturated rings. The zero-order chi connectivity index (χ0) is 18.6. The minimum Gasteiger partial charge on any atom is -0.506 e. The monoisotopic (exact) mass is 372 g/mol. The number of nitrogens with one attached hydrogen (secondary N) is 1. The maximum Gasteiger partial charge on any atom is 0.317 e. The first-order valence-electron chi connectivity index (χ1n) is 10.5. The van der Waals surface area contributed by atoms with E-state index in [1.165, 1.54) is 38.6 Å². The van der Waals surface area contributed by atoms with Gasteiger partial charge in [0.25, 0.3) is 0 Å². The molecule has 2 saturated heterocycles. The summed E-state index contributed by atoms with van der Waals surface area (Å²) in [7, 11) is 0. The topological polar surface area (TPSA) is 59.1 Å². The van der Waals surface area contributed by atoms with Gasteiger partial charge >= 0.3 is 6.03 Å². The number of urea groups is 1. The number of phenols is 1. The number of anilines is 1. The van der Waals surface area contributed by atoms with Crippen LogP contribution in [-0.4, -0.2) is 72.3 Å². The van der Waals surface area contributed by atoms with E-state index < -0.39 is 0 Å². The van der Waals surface area contributed by atoms with Crippen LogP contribution < -0.4 is 10.2 Å². The summed E-state index contributed by atoms with van der Waals surface area (Å²) in [6.45, 7) is 5.09. The van der Waals surface area contributed by atoms with Crippen molar-refractivity contribution >= 4 is 11.7 Å². The minimum atomic E-state index is 0.0743. The summed E-state index contributed by atoms with van der Waals surface area (Å²) >= 11 is 0. The van der Waals surface area contributed by atoms with E-state index in [0.717, 1.165) is 37.8 Å². The van der Waals surface area contributed by atoms with Crippen molar-refractivity contribution in [2.75, 3.05) is 44.2 Å². The Kier molecular flexibility index (Phi) is 5.72. The van der Waals surface area contributed by atoms with Gasteiger partial charge in [0.05, 0.1) is 5.69 Å². The van der Waals surface area contributed by atoms with Gasteiger partial charge in [-0.15, -0.1) is 0 Å². The van der Waals surface area contributed by atoms with Crippen molar-refractivity contribution in [2.45, 2.75) is 50.6 Å². The number of carbonyl (C=O) groups is 1. The highest BCUT2D eigenvalue weighted by molar-refractivity contribution is 5.75. The van der Waals surface area contributed by atoms with Gasteiger partial charge in [-0.05, 0) is 44.4 Å². The van der Waals surface area contributed by atoms with Gasteiger partial charge in [0.2, 0.25) is 0 Å². The normalized spacial score (nSPS) is 25.0. The van der Waals surface area contributed by atoms with Gasteiger partial charge in [0.15, 0.2) is 0 Å². The van der Waals surface area contributed by atoms with Gasteiger partial charge in [0, 0.05) is 44.8 Å². The second kappa shape index (κ2) is 8.38. The van der Waals surface area contributed by atoms with Crippen LogP contribution in [0.15, 0.2) is 24.3 Å². The lowest BCUT2D eigenvalue weighted by Crippen LogP contribution is -2.56. The Hall–Kier alpha value is -1.95. The van der Waals surface area contributed by atoms with Crippen LogP contribution in [0.3, 0.4) is 0 Å². The molecule has 6 nitrogen and oxygen atoms in total. The molecule has 1 aromatic rings. The van der Waals surface area contributed by atoms with Crippen molar-refractivity contribution in [3.05, 3.63) is 24.3 Å². The van der Waals surface area contributed by atoms with E-state index in [1.807, 2.05) is 23.1 Å². The second-order valence-corrected chi connectivity index (χ2v) is 8.18. The summed E-state index contributed by atoms with van der Waals surface area (Å²) in [6, 6.07) is 8.52. The van der Waals surface area contributed by atoms with E-state index in [9.17, 15) is 9.90 Å². The van der Waals surface area contributed by atoms with Crippen LogP contribution >= 0.6 is 0 Å². The summed E-state index contributed by atoms with van der Waals surface area (Å²) in [5.41, 5.74) is 0.858. The maximum absolute atomic E-state index is 12.7.